The summed E-state index contributed by atoms with van der Waals surface area (Å²) in [5.74, 6) is 1.40. The van der Waals surface area contributed by atoms with E-state index in [1.807, 2.05) is 19.1 Å². The Morgan fingerprint density at radius 3 is 2.67 bits per heavy atom. The SMILES string of the molecule is COC(=O)C(C)CC1CCN(Cc2ccc(OC)cc2)C1. The highest BCUT2D eigenvalue weighted by molar-refractivity contribution is 5.71. The van der Waals surface area contributed by atoms with Crippen LogP contribution >= 0.6 is 0 Å². The van der Waals surface area contributed by atoms with Crippen LogP contribution in [0.1, 0.15) is 25.3 Å². The maximum atomic E-state index is 11.5. The summed E-state index contributed by atoms with van der Waals surface area (Å²) in [6.45, 7) is 5.09. The highest BCUT2D eigenvalue weighted by Gasteiger charge is 2.26. The monoisotopic (exact) mass is 291 g/mol. The van der Waals surface area contributed by atoms with Crippen molar-refractivity contribution >= 4 is 5.97 Å². The third-order valence-electron chi connectivity index (χ3n) is 4.23. The van der Waals surface area contributed by atoms with Crippen LogP contribution in [0.15, 0.2) is 24.3 Å². The molecule has 0 aliphatic carbocycles. The van der Waals surface area contributed by atoms with Crippen LogP contribution in [0.5, 0.6) is 5.75 Å². The summed E-state index contributed by atoms with van der Waals surface area (Å²) in [6, 6.07) is 8.23. The molecule has 0 N–H and O–H groups in total. The summed E-state index contributed by atoms with van der Waals surface area (Å²) in [4.78, 5) is 13.9. The van der Waals surface area contributed by atoms with Crippen LogP contribution in [-0.4, -0.2) is 38.2 Å². The summed E-state index contributed by atoms with van der Waals surface area (Å²) in [5, 5.41) is 0. The number of methoxy groups -OCH3 is 2. The van der Waals surface area contributed by atoms with Crippen LogP contribution in [0.25, 0.3) is 0 Å². The normalized spacial score (nSPS) is 20.2. The molecule has 0 spiro atoms. The van der Waals surface area contributed by atoms with E-state index < -0.39 is 0 Å². The van der Waals surface area contributed by atoms with Gasteiger partial charge in [-0.15, -0.1) is 0 Å². The van der Waals surface area contributed by atoms with Crippen molar-refractivity contribution in [1.29, 1.82) is 0 Å². The lowest BCUT2D eigenvalue weighted by Gasteiger charge is -2.17. The van der Waals surface area contributed by atoms with E-state index in [-0.39, 0.29) is 11.9 Å². The van der Waals surface area contributed by atoms with Gasteiger partial charge in [0, 0.05) is 13.1 Å². The summed E-state index contributed by atoms with van der Waals surface area (Å²) >= 11 is 0. The van der Waals surface area contributed by atoms with E-state index in [4.69, 9.17) is 9.47 Å². The van der Waals surface area contributed by atoms with Gasteiger partial charge >= 0.3 is 5.97 Å². The molecule has 1 fully saturated rings. The number of ether oxygens (including phenoxy) is 2. The van der Waals surface area contributed by atoms with E-state index in [1.165, 1.54) is 12.7 Å². The number of hydrogen-bond donors (Lipinski definition) is 0. The lowest BCUT2D eigenvalue weighted by atomic mass is 9.95. The van der Waals surface area contributed by atoms with Gasteiger partial charge in [-0.25, -0.2) is 0 Å². The molecule has 0 bridgehead atoms. The van der Waals surface area contributed by atoms with Gasteiger partial charge in [-0.1, -0.05) is 19.1 Å². The van der Waals surface area contributed by atoms with E-state index >= 15 is 0 Å². The molecule has 0 radical (unpaired) electrons. The Hall–Kier alpha value is -1.55. The van der Waals surface area contributed by atoms with Crippen LogP contribution in [-0.2, 0) is 16.1 Å². The molecule has 4 heteroatoms. The Morgan fingerprint density at radius 1 is 1.33 bits per heavy atom. The quantitative estimate of drug-likeness (QED) is 0.755. The fourth-order valence-electron chi connectivity index (χ4n) is 3.04. The molecule has 1 saturated heterocycles. The molecule has 1 aliphatic rings. The first-order valence-electron chi connectivity index (χ1n) is 7.55. The summed E-state index contributed by atoms with van der Waals surface area (Å²) in [5.41, 5.74) is 1.30. The van der Waals surface area contributed by atoms with Gasteiger partial charge in [0.15, 0.2) is 0 Å². The maximum Gasteiger partial charge on any atom is 0.308 e. The van der Waals surface area contributed by atoms with Crippen molar-refractivity contribution in [3.63, 3.8) is 0 Å². The van der Waals surface area contributed by atoms with Crippen molar-refractivity contribution in [3.05, 3.63) is 29.8 Å². The minimum atomic E-state index is -0.0939. The second-order valence-corrected chi connectivity index (χ2v) is 5.90. The van der Waals surface area contributed by atoms with E-state index in [0.717, 1.165) is 38.2 Å². The highest BCUT2D eigenvalue weighted by Crippen LogP contribution is 2.25. The lowest BCUT2D eigenvalue weighted by Crippen LogP contribution is -2.22. The Balaban J connectivity index is 1.80. The van der Waals surface area contributed by atoms with Crippen molar-refractivity contribution < 1.29 is 14.3 Å². The first kappa shape index (κ1) is 15.8. The molecule has 116 valence electrons. The molecule has 0 aromatic heterocycles. The average Bonchev–Trinajstić information content (AvgIpc) is 2.94. The van der Waals surface area contributed by atoms with Crippen molar-refractivity contribution in [2.45, 2.75) is 26.3 Å². The second-order valence-electron chi connectivity index (χ2n) is 5.90. The van der Waals surface area contributed by atoms with Crippen molar-refractivity contribution in [2.24, 2.45) is 11.8 Å². The number of hydrogen-bond acceptors (Lipinski definition) is 4. The van der Waals surface area contributed by atoms with Crippen LogP contribution in [0.4, 0.5) is 0 Å². The Labute approximate surface area is 127 Å². The van der Waals surface area contributed by atoms with Gasteiger partial charge in [-0.3, -0.25) is 9.69 Å². The predicted molar refractivity (Wildman–Crippen MR) is 82.2 cm³/mol. The molecule has 2 unspecified atom stereocenters. The molecular formula is C17H25NO3. The Bertz CT molecular complexity index is 458. The fraction of sp³-hybridized carbons (Fsp3) is 0.588. The van der Waals surface area contributed by atoms with Crippen molar-refractivity contribution in [3.8, 4) is 5.75 Å². The molecule has 4 nitrogen and oxygen atoms in total. The van der Waals surface area contributed by atoms with E-state index in [0.29, 0.717) is 5.92 Å². The zero-order valence-electron chi connectivity index (χ0n) is 13.2. The highest BCUT2D eigenvalue weighted by atomic mass is 16.5. The summed E-state index contributed by atoms with van der Waals surface area (Å²) < 4.78 is 9.98. The van der Waals surface area contributed by atoms with Crippen LogP contribution in [0.3, 0.4) is 0 Å². The minimum absolute atomic E-state index is 0.000867. The second kappa shape index (κ2) is 7.46. The van der Waals surface area contributed by atoms with Gasteiger partial charge in [0.1, 0.15) is 5.75 Å². The molecule has 0 amide bonds. The smallest absolute Gasteiger partial charge is 0.308 e. The number of likely N-dealkylation sites (tertiary alicyclic amines) is 1. The zero-order valence-corrected chi connectivity index (χ0v) is 13.2. The van der Waals surface area contributed by atoms with Crippen LogP contribution in [0, 0.1) is 11.8 Å². The summed E-state index contributed by atoms with van der Waals surface area (Å²) in [6.07, 6.45) is 2.09. The largest absolute Gasteiger partial charge is 0.497 e. The van der Waals surface area contributed by atoms with Gasteiger partial charge in [0.05, 0.1) is 20.1 Å². The number of rotatable bonds is 6. The van der Waals surface area contributed by atoms with Gasteiger partial charge in [0.2, 0.25) is 0 Å². The number of benzene rings is 1. The van der Waals surface area contributed by atoms with E-state index in [2.05, 4.69) is 17.0 Å². The Kier molecular flexibility index (Phi) is 5.62. The molecule has 0 saturated carbocycles. The predicted octanol–water partition coefficient (Wildman–Crippen LogP) is 2.72. The van der Waals surface area contributed by atoms with Crippen LogP contribution in [0.2, 0.25) is 0 Å². The third kappa shape index (κ3) is 4.46. The average molecular weight is 291 g/mol. The van der Waals surface area contributed by atoms with Gasteiger partial charge in [-0.2, -0.15) is 0 Å². The third-order valence-corrected chi connectivity index (χ3v) is 4.23. The molecule has 1 aliphatic heterocycles. The van der Waals surface area contributed by atoms with E-state index in [1.54, 1.807) is 7.11 Å². The van der Waals surface area contributed by atoms with Gasteiger partial charge in [-0.05, 0) is 43.0 Å². The first-order valence-corrected chi connectivity index (χ1v) is 7.55. The number of nitrogens with zero attached hydrogens (tertiary/aromatic N) is 1. The van der Waals surface area contributed by atoms with Crippen LogP contribution < -0.4 is 4.74 Å². The molecule has 1 heterocycles. The summed E-state index contributed by atoms with van der Waals surface area (Å²) in [7, 11) is 3.14. The van der Waals surface area contributed by atoms with E-state index in [9.17, 15) is 4.79 Å². The fourth-order valence-corrected chi connectivity index (χ4v) is 3.04. The van der Waals surface area contributed by atoms with Gasteiger partial charge in [0.25, 0.3) is 0 Å². The molecular weight excluding hydrogens is 266 g/mol. The lowest BCUT2D eigenvalue weighted by molar-refractivity contribution is -0.145. The minimum Gasteiger partial charge on any atom is -0.497 e. The zero-order chi connectivity index (χ0) is 15.2. The number of carbonyl (C=O) groups excluding carboxylic acids is 1. The molecule has 1 aromatic carbocycles. The standard InChI is InChI=1S/C17H25NO3/c1-13(17(19)21-3)10-15-8-9-18(12-15)11-14-4-6-16(20-2)7-5-14/h4-7,13,15H,8-12H2,1-3H3. The Morgan fingerprint density at radius 2 is 2.05 bits per heavy atom. The molecule has 21 heavy (non-hydrogen) atoms. The molecule has 2 atom stereocenters. The van der Waals surface area contributed by atoms with Crippen molar-refractivity contribution in [2.75, 3.05) is 27.3 Å². The maximum absolute atomic E-state index is 11.5. The first-order chi connectivity index (χ1) is 10.1. The van der Waals surface area contributed by atoms with Crippen molar-refractivity contribution in [1.82, 2.24) is 4.90 Å². The number of carbonyl (C=O) groups is 1. The topological polar surface area (TPSA) is 38.8 Å². The molecule has 1 aromatic rings. The number of esters is 1. The molecule has 2 rings (SSSR count). The van der Waals surface area contributed by atoms with Gasteiger partial charge < -0.3 is 9.47 Å².